The first-order chi connectivity index (χ1) is 9.16. The molecule has 98 valence electrons. The van der Waals surface area contributed by atoms with Crippen molar-refractivity contribution in [2.75, 3.05) is 11.4 Å². The van der Waals surface area contributed by atoms with Crippen molar-refractivity contribution in [1.29, 1.82) is 0 Å². The molecule has 0 spiro atoms. The number of nitrogens with zero attached hydrogens (tertiary/aromatic N) is 3. The van der Waals surface area contributed by atoms with Gasteiger partial charge in [0.15, 0.2) is 0 Å². The smallest absolute Gasteiger partial charge is 0.240 e. The zero-order valence-electron chi connectivity index (χ0n) is 10.2. The summed E-state index contributed by atoms with van der Waals surface area (Å²) < 4.78 is 0. The zero-order valence-corrected chi connectivity index (χ0v) is 11.0. The van der Waals surface area contributed by atoms with E-state index in [4.69, 9.17) is 17.3 Å². The summed E-state index contributed by atoms with van der Waals surface area (Å²) in [7, 11) is 0. The van der Waals surface area contributed by atoms with Crippen LogP contribution in [0.1, 0.15) is 12.8 Å². The summed E-state index contributed by atoms with van der Waals surface area (Å²) in [6, 6.07) is 5.16. The molecular weight excluding hydrogens is 264 g/mol. The van der Waals surface area contributed by atoms with Crippen LogP contribution in [0.3, 0.4) is 0 Å². The molecule has 0 radical (unpaired) electrons. The number of fused-ring (bicyclic) bond motifs is 1. The van der Waals surface area contributed by atoms with Gasteiger partial charge in [-0.25, -0.2) is 9.97 Å². The first-order valence-electron chi connectivity index (χ1n) is 6.13. The van der Waals surface area contributed by atoms with Crippen LogP contribution >= 0.6 is 11.6 Å². The van der Waals surface area contributed by atoms with E-state index in [1.165, 1.54) is 6.33 Å². The number of nitrogens with two attached hydrogens (primary N) is 1. The molecule has 19 heavy (non-hydrogen) atoms. The maximum atomic E-state index is 11.5. The molecule has 2 aromatic rings. The molecule has 1 aromatic heterocycles. The lowest BCUT2D eigenvalue weighted by atomic mass is 10.2. The van der Waals surface area contributed by atoms with Gasteiger partial charge in [0, 0.05) is 17.0 Å². The van der Waals surface area contributed by atoms with E-state index in [-0.39, 0.29) is 11.9 Å². The van der Waals surface area contributed by atoms with Gasteiger partial charge in [0.05, 0.1) is 5.52 Å². The molecule has 1 aliphatic rings. The van der Waals surface area contributed by atoms with E-state index in [2.05, 4.69) is 9.97 Å². The fourth-order valence-corrected chi connectivity index (χ4v) is 2.73. The maximum absolute atomic E-state index is 11.5. The standard InChI is InChI=1S/C13H13ClN4O/c14-8-3-4-10-9(6-8)13(17-7-16-10)18-5-1-2-11(18)12(15)19/h3-4,6-7,11H,1-2,5H2,(H2,15,19). The Morgan fingerprint density at radius 1 is 1.42 bits per heavy atom. The molecule has 1 aromatic carbocycles. The molecule has 1 saturated heterocycles. The second-order valence-corrected chi connectivity index (χ2v) is 5.05. The van der Waals surface area contributed by atoms with Crippen LogP contribution in [0.15, 0.2) is 24.5 Å². The SMILES string of the molecule is NC(=O)C1CCCN1c1ncnc2ccc(Cl)cc12. The van der Waals surface area contributed by atoms with Crippen LogP contribution in [-0.4, -0.2) is 28.5 Å². The van der Waals surface area contributed by atoms with Crippen molar-refractivity contribution in [3.8, 4) is 0 Å². The third-order valence-electron chi connectivity index (χ3n) is 3.43. The summed E-state index contributed by atoms with van der Waals surface area (Å²) in [5.74, 6) is 0.417. The van der Waals surface area contributed by atoms with Gasteiger partial charge in [-0.15, -0.1) is 0 Å². The second-order valence-electron chi connectivity index (χ2n) is 4.61. The van der Waals surface area contributed by atoms with E-state index in [1.54, 1.807) is 6.07 Å². The Hall–Kier alpha value is -1.88. The molecule has 0 bridgehead atoms. The normalized spacial score (nSPS) is 19.0. The number of halogens is 1. The number of aromatic nitrogens is 2. The number of anilines is 1. The number of carbonyl (C=O) groups is 1. The molecule has 0 saturated carbocycles. The van der Waals surface area contributed by atoms with Gasteiger partial charge in [-0.3, -0.25) is 4.79 Å². The number of hydrogen-bond donors (Lipinski definition) is 1. The summed E-state index contributed by atoms with van der Waals surface area (Å²) in [5.41, 5.74) is 6.26. The van der Waals surface area contributed by atoms with Crippen LogP contribution in [0.5, 0.6) is 0 Å². The van der Waals surface area contributed by atoms with Crippen LogP contribution in [0, 0.1) is 0 Å². The Morgan fingerprint density at radius 2 is 2.26 bits per heavy atom. The van der Waals surface area contributed by atoms with E-state index in [0.717, 1.165) is 36.1 Å². The Balaban J connectivity index is 2.14. The third kappa shape index (κ3) is 2.10. The van der Waals surface area contributed by atoms with Crippen LogP contribution in [0.2, 0.25) is 5.02 Å². The van der Waals surface area contributed by atoms with E-state index < -0.39 is 0 Å². The minimum Gasteiger partial charge on any atom is -0.368 e. The lowest BCUT2D eigenvalue weighted by Gasteiger charge is -2.24. The van der Waals surface area contributed by atoms with Crippen molar-refractivity contribution < 1.29 is 4.79 Å². The van der Waals surface area contributed by atoms with Gasteiger partial charge < -0.3 is 10.6 Å². The Bertz CT molecular complexity index is 646. The van der Waals surface area contributed by atoms with Crippen LogP contribution < -0.4 is 10.6 Å². The summed E-state index contributed by atoms with van der Waals surface area (Å²) >= 11 is 6.03. The number of amides is 1. The number of primary amides is 1. The van der Waals surface area contributed by atoms with Crippen molar-refractivity contribution in [2.24, 2.45) is 5.73 Å². The Labute approximate surface area is 115 Å². The summed E-state index contributed by atoms with van der Waals surface area (Å²) in [5, 5.41) is 1.47. The lowest BCUT2D eigenvalue weighted by Crippen LogP contribution is -2.40. The maximum Gasteiger partial charge on any atom is 0.240 e. The molecule has 3 rings (SSSR count). The Morgan fingerprint density at radius 3 is 3.05 bits per heavy atom. The quantitative estimate of drug-likeness (QED) is 0.907. The highest BCUT2D eigenvalue weighted by atomic mass is 35.5. The predicted octanol–water partition coefficient (Wildman–Crippen LogP) is 1.74. The summed E-state index contributed by atoms with van der Waals surface area (Å²) in [6.07, 6.45) is 3.20. The monoisotopic (exact) mass is 276 g/mol. The average Bonchev–Trinajstić information content (AvgIpc) is 2.87. The zero-order chi connectivity index (χ0) is 13.4. The molecular formula is C13H13ClN4O. The fraction of sp³-hybridized carbons (Fsp3) is 0.308. The van der Waals surface area contributed by atoms with E-state index in [1.807, 2.05) is 17.0 Å². The van der Waals surface area contributed by atoms with Gasteiger partial charge in [0.2, 0.25) is 5.91 Å². The topological polar surface area (TPSA) is 72.1 Å². The van der Waals surface area contributed by atoms with Crippen LogP contribution in [0.4, 0.5) is 5.82 Å². The minimum atomic E-state index is -0.314. The number of rotatable bonds is 2. The van der Waals surface area contributed by atoms with E-state index in [9.17, 15) is 4.79 Å². The second kappa shape index (κ2) is 4.66. The highest BCUT2D eigenvalue weighted by molar-refractivity contribution is 6.31. The summed E-state index contributed by atoms with van der Waals surface area (Å²) in [6.45, 7) is 0.770. The number of benzene rings is 1. The molecule has 0 aliphatic carbocycles. The number of hydrogen-bond acceptors (Lipinski definition) is 4. The third-order valence-corrected chi connectivity index (χ3v) is 3.66. The van der Waals surface area contributed by atoms with Crippen molar-refractivity contribution in [3.05, 3.63) is 29.5 Å². The van der Waals surface area contributed by atoms with Gasteiger partial charge in [0.1, 0.15) is 18.2 Å². The van der Waals surface area contributed by atoms with Gasteiger partial charge in [-0.2, -0.15) is 0 Å². The first kappa shape index (κ1) is 12.2. The highest BCUT2D eigenvalue weighted by Gasteiger charge is 2.31. The summed E-state index contributed by atoms with van der Waals surface area (Å²) in [4.78, 5) is 22.0. The molecule has 6 heteroatoms. The van der Waals surface area contributed by atoms with E-state index in [0.29, 0.717) is 5.02 Å². The highest BCUT2D eigenvalue weighted by Crippen LogP contribution is 2.30. The average molecular weight is 277 g/mol. The van der Waals surface area contributed by atoms with Gasteiger partial charge in [-0.05, 0) is 31.0 Å². The largest absolute Gasteiger partial charge is 0.368 e. The molecule has 1 aliphatic heterocycles. The van der Waals surface area contributed by atoms with Crippen molar-refractivity contribution in [3.63, 3.8) is 0 Å². The van der Waals surface area contributed by atoms with Crippen LogP contribution in [-0.2, 0) is 4.79 Å². The molecule has 2 N–H and O–H groups in total. The fourth-order valence-electron chi connectivity index (χ4n) is 2.56. The molecule has 1 unspecified atom stereocenters. The molecule has 2 heterocycles. The van der Waals surface area contributed by atoms with Crippen LogP contribution in [0.25, 0.3) is 10.9 Å². The van der Waals surface area contributed by atoms with Gasteiger partial charge in [-0.1, -0.05) is 11.6 Å². The molecule has 1 fully saturated rings. The predicted molar refractivity (Wildman–Crippen MR) is 74.1 cm³/mol. The first-order valence-corrected chi connectivity index (χ1v) is 6.51. The van der Waals surface area contributed by atoms with Crippen molar-refractivity contribution >= 4 is 34.2 Å². The van der Waals surface area contributed by atoms with Gasteiger partial charge >= 0.3 is 0 Å². The minimum absolute atomic E-state index is 0.294. The Kier molecular flexibility index (Phi) is 2.98. The molecule has 1 atom stereocenters. The van der Waals surface area contributed by atoms with Crippen molar-refractivity contribution in [2.45, 2.75) is 18.9 Å². The number of carbonyl (C=O) groups excluding carboxylic acids is 1. The van der Waals surface area contributed by atoms with E-state index >= 15 is 0 Å². The lowest BCUT2D eigenvalue weighted by molar-refractivity contribution is -0.119. The van der Waals surface area contributed by atoms with Gasteiger partial charge in [0.25, 0.3) is 0 Å². The van der Waals surface area contributed by atoms with Crippen molar-refractivity contribution in [1.82, 2.24) is 9.97 Å². The molecule has 5 nitrogen and oxygen atoms in total. The molecule has 1 amide bonds.